The number of hydrogen-bond donors (Lipinski definition) is 0. The highest BCUT2D eigenvalue weighted by Gasteiger charge is 2.33. The van der Waals surface area contributed by atoms with Crippen LogP contribution in [0.1, 0.15) is 25.8 Å². The molecule has 0 radical (unpaired) electrons. The molecule has 1 fully saturated rings. The number of benzene rings is 1. The van der Waals surface area contributed by atoms with E-state index >= 15 is 0 Å². The van der Waals surface area contributed by atoms with Gasteiger partial charge >= 0.3 is 0 Å². The summed E-state index contributed by atoms with van der Waals surface area (Å²) in [6, 6.07) is 7.91. The molecule has 0 spiro atoms. The average Bonchev–Trinajstić information content (AvgIpc) is 2.70. The maximum atomic E-state index is 12.0. The summed E-state index contributed by atoms with van der Waals surface area (Å²) < 4.78 is 0. The number of rotatable bonds is 4. The fraction of sp³-hybridized carbons (Fsp3) is 0.533. The maximum absolute atomic E-state index is 12.0. The van der Waals surface area contributed by atoms with Gasteiger partial charge in [-0.15, -0.1) is 0 Å². The van der Waals surface area contributed by atoms with Crippen LogP contribution in [0, 0.1) is 5.92 Å². The van der Waals surface area contributed by atoms with Crippen molar-refractivity contribution in [2.24, 2.45) is 5.92 Å². The first kappa shape index (κ1) is 14.9. The van der Waals surface area contributed by atoms with Crippen molar-refractivity contribution in [2.75, 3.05) is 18.4 Å². The van der Waals surface area contributed by atoms with E-state index in [1.807, 2.05) is 23.1 Å². The van der Waals surface area contributed by atoms with Gasteiger partial charge in [-0.2, -0.15) is 0 Å². The number of hydrogen-bond acceptors (Lipinski definition) is 1. The van der Waals surface area contributed by atoms with Gasteiger partial charge in [0.25, 0.3) is 0 Å². The van der Waals surface area contributed by atoms with Crippen molar-refractivity contribution in [2.45, 2.75) is 25.7 Å². The van der Waals surface area contributed by atoms with Crippen molar-refractivity contribution >= 4 is 33.4 Å². The molecule has 2 rings (SSSR count). The van der Waals surface area contributed by atoms with E-state index < -0.39 is 0 Å². The lowest BCUT2D eigenvalue weighted by Gasteiger charge is -2.31. The minimum Gasteiger partial charge on any atom is -0.341 e. The Hall–Kier alpha value is -0.540. The molecule has 19 heavy (non-hydrogen) atoms. The second-order valence-corrected chi connectivity index (χ2v) is 6.98. The van der Waals surface area contributed by atoms with Crippen LogP contribution in [0.2, 0.25) is 5.02 Å². The molecule has 0 saturated carbocycles. The summed E-state index contributed by atoms with van der Waals surface area (Å²) >= 11 is 9.52. The Labute approximate surface area is 128 Å². The third kappa shape index (κ3) is 3.51. The van der Waals surface area contributed by atoms with Crippen LogP contribution in [0.3, 0.4) is 0 Å². The van der Waals surface area contributed by atoms with Gasteiger partial charge in [-0.3, -0.25) is 4.79 Å². The summed E-state index contributed by atoms with van der Waals surface area (Å²) in [6.45, 7) is 5.92. The summed E-state index contributed by atoms with van der Waals surface area (Å²) in [5.74, 6) is 0.710. The zero-order valence-corrected chi connectivity index (χ0v) is 13.7. The summed E-state index contributed by atoms with van der Waals surface area (Å²) in [6.07, 6.45) is 0.664. The Balaban J connectivity index is 2.11. The number of nitrogens with zero attached hydrogens (tertiary/aromatic N) is 1. The first-order chi connectivity index (χ1) is 8.92. The van der Waals surface area contributed by atoms with Crippen molar-refractivity contribution in [3.63, 3.8) is 0 Å². The van der Waals surface area contributed by atoms with E-state index in [0.717, 1.165) is 23.4 Å². The highest BCUT2D eigenvalue weighted by atomic mass is 79.9. The maximum Gasteiger partial charge on any atom is 0.222 e. The molecule has 1 saturated heterocycles. The number of amides is 1. The predicted molar refractivity (Wildman–Crippen MR) is 83.0 cm³/mol. The summed E-state index contributed by atoms with van der Waals surface area (Å²) in [4.78, 5) is 14.0. The monoisotopic (exact) mass is 343 g/mol. The van der Waals surface area contributed by atoms with Gasteiger partial charge < -0.3 is 4.90 Å². The highest BCUT2D eigenvalue weighted by molar-refractivity contribution is 9.09. The largest absolute Gasteiger partial charge is 0.341 e. The topological polar surface area (TPSA) is 20.3 Å². The van der Waals surface area contributed by atoms with E-state index in [4.69, 9.17) is 11.6 Å². The number of alkyl halides is 1. The molecule has 4 heteroatoms. The van der Waals surface area contributed by atoms with Crippen LogP contribution in [0.4, 0.5) is 0 Å². The summed E-state index contributed by atoms with van der Waals surface area (Å²) in [5.41, 5.74) is 1.09. The zero-order chi connectivity index (χ0) is 14.0. The highest BCUT2D eigenvalue weighted by Crippen LogP contribution is 2.29. The van der Waals surface area contributed by atoms with Gasteiger partial charge in [0.05, 0.1) is 0 Å². The van der Waals surface area contributed by atoms with E-state index in [1.54, 1.807) is 0 Å². The van der Waals surface area contributed by atoms with Crippen LogP contribution in [-0.4, -0.2) is 29.2 Å². The third-order valence-corrected chi connectivity index (χ3v) is 4.86. The smallest absolute Gasteiger partial charge is 0.222 e. The lowest BCUT2D eigenvalue weighted by molar-refractivity contribution is -0.128. The van der Waals surface area contributed by atoms with Crippen LogP contribution >= 0.6 is 27.5 Å². The molecule has 1 amide bonds. The van der Waals surface area contributed by atoms with E-state index in [0.29, 0.717) is 12.3 Å². The molecular weight excluding hydrogens is 326 g/mol. The molecule has 104 valence electrons. The number of likely N-dealkylation sites (tertiary alicyclic amines) is 1. The zero-order valence-electron chi connectivity index (χ0n) is 11.3. The molecule has 0 aromatic heterocycles. The number of carbonyl (C=O) groups excluding carboxylic acids is 1. The van der Waals surface area contributed by atoms with Crippen molar-refractivity contribution in [3.05, 3.63) is 34.9 Å². The molecule has 1 aromatic carbocycles. The molecule has 0 bridgehead atoms. The van der Waals surface area contributed by atoms with Crippen molar-refractivity contribution in [1.82, 2.24) is 4.90 Å². The molecule has 1 aliphatic heterocycles. The molecule has 1 aromatic rings. The van der Waals surface area contributed by atoms with E-state index in [2.05, 4.69) is 35.8 Å². The predicted octanol–water partition coefficient (Wildman–Crippen LogP) is 3.86. The lowest BCUT2D eigenvalue weighted by Crippen LogP contribution is -2.38. The van der Waals surface area contributed by atoms with Gasteiger partial charge in [0.2, 0.25) is 5.91 Å². The van der Waals surface area contributed by atoms with Crippen molar-refractivity contribution < 1.29 is 4.79 Å². The molecule has 0 aliphatic carbocycles. The minimum absolute atomic E-state index is 0.0816. The van der Waals surface area contributed by atoms with Crippen molar-refractivity contribution in [3.8, 4) is 0 Å². The fourth-order valence-electron chi connectivity index (χ4n) is 2.59. The first-order valence-corrected chi connectivity index (χ1v) is 8.02. The second-order valence-electron chi connectivity index (χ2n) is 5.89. The van der Waals surface area contributed by atoms with E-state index in [9.17, 15) is 4.79 Å². The Morgan fingerprint density at radius 3 is 2.79 bits per heavy atom. The lowest BCUT2D eigenvalue weighted by atomic mass is 9.84. The van der Waals surface area contributed by atoms with Gasteiger partial charge in [-0.25, -0.2) is 0 Å². The standard InChI is InChI=1S/C15H19BrClNO/c1-15(2,12-4-3-5-13(17)7-12)10-18-9-11(8-16)6-14(18)19/h3-5,7,11H,6,8-10H2,1-2H3. The molecule has 1 aliphatic rings. The molecule has 1 unspecified atom stereocenters. The third-order valence-electron chi connectivity index (χ3n) is 3.71. The fourth-order valence-corrected chi connectivity index (χ4v) is 3.21. The van der Waals surface area contributed by atoms with E-state index in [1.165, 1.54) is 5.56 Å². The molecule has 2 nitrogen and oxygen atoms in total. The number of halogens is 2. The van der Waals surface area contributed by atoms with Crippen molar-refractivity contribution in [1.29, 1.82) is 0 Å². The van der Waals surface area contributed by atoms with E-state index in [-0.39, 0.29) is 11.3 Å². The van der Waals surface area contributed by atoms with Gasteiger partial charge in [0, 0.05) is 35.3 Å². The molecule has 0 N–H and O–H groups in total. The average molecular weight is 345 g/mol. The molecule has 1 atom stereocenters. The van der Waals surface area contributed by atoms with Crippen LogP contribution in [0.15, 0.2) is 24.3 Å². The summed E-state index contributed by atoms with van der Waals surface area (Å²) in [5, 5.41) is 1.64. The Morgan fingerprint density at radius 2 is 2.21 bits per heavy atom. The normalized spacial score (nSPS) is 20.1. The Kier molecular flexibility index (Phi) is 4.57. The minimum atomic E-state index is -0.0816. The van der Waals surface area contributed by atoms with Crippen LogP contribution < -0.4 is 0 Å². The SMILES string of the molecule is CC(C)(CN1CC(CBr)CC1=O)c1cccc(Cl)c1. The Bertz CT molecular complexity index is 475. The molecule has 1 heterocycles. The quantitative estimate of drug-likeness (QED) is 0.760. The first-order valence-electron chi connectivity index (χ1n) is 6.52. The van der Waals surface area contributed by atoms with Gasteiger partial charge in [-0.05, 0) is 23.6 Å². The van der Waals surface area contributed by atoms with Gasteiger partial charge in [-0.1, -0.05) is 53.5 Å². The van der Waals surface area contributed by atoms with Crippen LogP contribution in [0.25, 0.3) is 0 Å². The number of carbonyl (C=O) groups is 1. The summed E-state index contributed by atoms with van der Waals surface area (Å²) in [7, 11) is 0. The van der Waals surface area contributed by atoms with Gasteiger partial charge in [0.1, 0.15) is 0 Å². The van der Waals surface area contributed by atoms with Crippen LogP contribution in [0.5, 0.6) is 0 Å². The Morgan fingerprint density at radius 1 is 1.47 bits per heavy atom. The van der Waals surface area contributed by atoms with Gasteiger partial charge in [0.15, 0.2) is 0 Å². The molecular formula is C15H19BrClNO. The van der Waals surface area contributed by atoms with Crippen LogP contribution in [-0.2, 0) is 10.2 Å². The second kappa shape index (κ2) is 5.84.